The molecular weight excluding hydrogens is 240 g/mol. The Kier molecular flexibility index (Phi) is 4.68. The fraction of sp³-hybridized carbons (Fsp3) is 0.467. The molecule has 0 spiro atoms. The highest BCUT2D eigenvalue weighted by molar-refractivity contribution is 5.74. The molecule has 0 aliphatic heterocycles. The van der Waals surface area contributed by atoms with Crippen LogP contribution in [0.5, 0.6) is 0 Å². The topological polar surface area (TPSA) is 55.1 Å². The lowest BCUT2D eigenvalue weighted by Crippen LogP contribution is -2.24. The molecule has 4 heteroatoms. The first-order chi connectivity index (χ1) is 9.24. The van der Waals surface area contributed by atoms with Crippen LogP contribution in [0.1, 0.15) is 31.4 Å². The van der Waals surface area contributed by atoms with Crippen LogP contribution in [0.15, 0.2) is 29.1 Å². The van der Waals surface area contributed by atoms with E-state index in [0.717, 1.165) is 36.7 Å². The standard InChI is InChI=1S/C15H20N2O2/c1-12-15(19)17(10-6-2-3-7-11-18)14-9-5-4-8-13(14)16-12/h4-5,8-9,18H,2-3,6-7,10-11H2,1H3. The number of rotatable bonds is 6. The summed E-state index contributed by atoms with van der Waals surface area (Å²) < 4.78 is 1.82. The summed E-state index contributed by atoms with van der Waals surface area (Å²) in [6.07, 6.45) is 3.83. The highest BCUT2D eigenvalue weighted by Gasteiger charge is 2.06. The number of aromatic nitrogens is 2. The predicted molar refractivity (Wildman–Crippen MR) is 76.3 cm³/mol. The monoisotopic (exact) mass is 260 g/mol. The van der Waals surface area contributed by atoms with Gasteiger partial charge in [-0.15, -0.1) is 0 Å². The summed E-state index contributed by atoms with van der Waals surface area (Å²) in [6.45, 7) is 2.72. The number of benzene rings is 1. The van der Waals surface area contributed by atoms with Crippen molar-refractivity contribution in [2.75, 3.05) is 6.61 Å². The molecule has 2 rings (SSSR count). The van der Waals surface area contributed by atoms with E-state index in [2.05, 4.69) is 4.98 Å². The molecule has 4 nitrogen and oxygen atoms in total. The molecule has 1 aromatic heterocycles. The van der Waals surface area contributed by atoms with Gasteiger partial charge in [-0.25, -0.2) is 4.98 Å². The molecule has 0 saturated carbocycles. The molecule has 0 unspecified atom stereocenters. The molecule has 0 atom stereocenters. The van der Waals surface area contributed by atoms with Crippen LogP contribution in [0.2, 0.25) is 0 Å². The van der Waals surface area contributed by atoms with Crippen LogP contribution in [0.4, 0.5) is 0 Å². The predicted octanol–water partition coefficient (Wildman–Crippen LogP) is 2.26. The van der Waals surface area contributed by atoms with Crippen LogP contribution in [0.25, 0.3) is 11.0 Å². The Morgan fingerprint density at radius 2 is 1.89 bits per heavy atom. The fourth-order valence-electron chi connectivity index (χ4n) is 2.28. The van der Waals surface area contributed by atoms with Crippen LogP contribution >= 0.6 is 0 Å². The lowest BCUT2D eigenvalue weighted by molar-refractivity contribution is 0.282. The average Bonchev–Trinajstić information content (AvgIpc) is 2.42. The smallest absolute Gasteiger partial charge is 0.272 e. The largest absolute Gasteiger partial charge is 0.396 e. The molecule has 0 radical (unpaired) electrons. The molecule has 2 aromatic rings. The highest BCUT2D eigenvalue weighted by Crippen LogP contribution is 2.11. The van der Waals surface area contributed by atoms with Crippen LogP contribution in [0, 0.1) is 6.92 Å². The van der Waals surface area contributed by atoms with Gasteiger partial charge in [-0.3, -0.25) is 4.79 Å². The fourth-order valence-corrected chi connectivity index (χ4v) is 2.28. The van der Waals surface area contributed by atoms with E-state index in [0.29, 0.717) is 12.2 Å². The molecule has 1 N–H and O–H groups in total. The van der Waals surface area contributed by atoms with Crippen molar-refractivity contribution in [2.45, 2.75) is 39.2 Å². The van der Waals surface area contributed by atoms with Gasteiger partial charge in [0.15, 0.2) is 0 Å². The molecule has 19 heavy (non-hydrogen) atoms. The Morgan fingerprint density at radius 3 is 2.68 bits per heavy atom. The Morgan fingerprint density at radius 1 is 1.16 bits per heavy atom. The molecule has 0 aliphatic rings. The minimum Gasteiger partial charge on any atom is -0.396 e. The van der Waals surface area contributed by atoms with Gasteiger partial charge >= 0.3 is 0 Å². The number of aliphatic hydroxyl groups is 1. The molecule has 0 bridgehead atoms. The quantitative estimate of drug-likeness (QED) is 0.810. The molecule has 0 amide bonds. The number of para-hydroxylation sites is 2. The number of hydrogen-bond donors (Lipinski definition) is 1. The molecule has 1 heterocycles. The van der Waals surface area contributed by atoms with Gasteiger partial charge in [0.05, 0.1) is 11.0 Å². The second-order valence-corrected chi connectivity index (χ2v) is 4.78. The van der Waals surface area contributed by atoms with Gasteiger partial charge < -0.3 is 9.67 Å². The lowest BCUT2D eigenvalue weighted by atomic mass is 10.2. The zero-order valence-corrected chi connectivity index (χ0v) is 11.3. The second-order valence-electron chi connectivity index (χ2n) is 4.78. The maximum Gasteiger partial charge on any atom is 0.272 e. The van der Waals surface area contributed by atoms with E-state index in [1.165, 1.54) is 0 Å². The maximum atomic E-state index is 12.2. The normalized spacial score (nSPS) is 11.1. The van der Waals surface area contributed by atoms with Crippen molar-refractivity contribution in [3.63, 3.8) is 0 Å². The van der Waals surface area contributed by atoms with Crippen LogP contribution in [0.3, 0.4) is 0 Å². The average molecular weight is 260 g/mol. The molecule has 1 aromatic carbocycles. The van der Waals surface area contributed by atoms with Gasteiger partial charge in [0.2, 0.25) is 0 Å². The Hall–Kier alpha value is -1.68. The molecular formula is C15H20N2O2. The van der Waals surface area contributed by atoms with Gasteiger partial charge in [0.1, 0.15) is 5.69 Å². The van der Waals surface area contributed by atoms with E-state index in [1.54, 1.807) is 6.92 Å². The Bertz CT molecular complexity index is 605. The summed E-state index contributed by atoms with van der Waals surface area (Å²) in [5.41, 5.74) is 2.32. The first-order valence-electron chi connectivity index (χ1n) is 6.81. The van der Waals surface area contributed by atoms with E-state index >= 15 is 0 Å². The molecule has 102 valence electrons. The van der Waals surface area contributed by atoms with E-state index in [4.69, 9.17) is 5.11 Å². The summed E-state index contributed by atoms with van der Waals surface area (Å²) in [5, 5.41) is 8.74. The summed E-state index contributed by atoms with van der Waals surface area (Å²) in [5.74, 6) is 0. The molecule has 0 saturated heterocycles. The Balaban J connectivity index is 2.21. The summed E-state index contributed by atoms with van der Waals surface area (Å²) in [6, 6.07) is 7.74. The number of fused-ring (bicyclic) bond motifs is 1. The summed E-state index contributed by atoms with van der Waals surface area (Å²) in [4.78, 5) is 16.5. The van der Waals surface area contributed by atoms with Crippen molar-refractivity contribution in [2.24, 2.45) is 0 Å². The summed E-state index contributed by atoms with van der Waals surface area (Å²) in [7, 11) is 0. The zero-order valence-electron chi connectivity index (χ0n) is 11.3. The van der Waals surface area contributed by atoms with Gasteiger partial charge in [0.25, 0.3) is 5.56 Å². The third kappa shape index (κ3) is 3.20. The van der Waals surface area contributed by atoms with Gasteiger partial charge in [-0.2, -0.15) is 0 Å². The van der Waals surface area contributed by atoms with Gasteiger partial charge in [-0.1, -0.05) is 25.0 Å². The number of aliphatic hydroxyl groups excluding tert-OH is 1. The molecule has 0 fully saturated rings. The van der Waals surface area contributed by atoms with Crippen LogP contribution < -0.4 is 5.56 Å². The van der Waals surface area contributed by atoms with E-state index in [1.807, 2.05) is 28.8 Å². The van der Waals surface area contributed by atoms with Crippen molar-refractivity contribution < 1.29 is 5.11 Å². The van der Waals surface area contributed by atoms with Gasteiger partial charge in [0, 0.05) is 13.2 Å². The minimum absolute atomic E-state index is 0.000795. The first kappa shape index (κ1) is 13.7. The summed E-state index contributed by atoms with van der Waals surface area (Å²) >= 11 is 0. The third-order valence-corrected chi connectivity index (χ3v) is 3.31. The van der Waals surface area contributed by atoms with E-state index < -0.39 is 0 Å². The van der Waals surface area contributed by atoms with E-state index in [9.17, 15) is 4.79 Å². The number of hydrogen-bond acceptors (Lipinski definition) is 3. The van der Waals surface area contributed by atoms with Crippen molar-refractivity contribution in [3.8, 4) is 0 Å². The first-order valence-corrected chi connectivity index (χ1v) is 6.81. The highest BCUT2D eigenvalue weighted by atomic mass is 16.2. The maximum absolute atomic E-state index is 12.2. The van der Waals surface area contributed by atoms with Gasteiger partial charge in [-0.05, 0) is 31.9 Å². The number of nitrogens with zero attached hydrogens (tertiary/aromatic N) is 2. The zero-order chi connectivity index (χ0) is 13.7. The SMILES string of the molecule is Cc1nc2ccccc2n(CCCCCCO)c1=O. The lowest BCUT2D eigenvalue weighted by Gasteiger charge is -2.10. The van der Waals surface area contributed by atoms with Crippen molar-refractivity contribution in [1.29, 1.82) is 0 Å². The van der Waals surface area contributed by atoms with Crippen molar-refractivity contribution in [1.82, 2.24) is 9.55 Å². The Labute approximate surface area is 112 Å². The van der Waals surface area contributed by atoms with Crippen molar-refractivity contribution >= 4 is 11.0 Å². The molecule has 0 aliphatic carbocycles. The number of unbranched alkanes of at least 4 members (excludes halogenated alkanes) is 3. The van der Waals surface area contributed by atoms with Crippen LogP contribution in [-0.4, -0.2) is 21.3 Å². The van der Waals surface area contributed by atoms with Crippen LogP contribution in [-0.2, 0) is 6.54 Å². The number of aryl methyl sites for hydroxylation is 2. The van der Waals surface area contributed by atoms with E-state index in [-0.39, 0.29) is 12.2 Å². The van der Waals surface area contributed by atoms with Crippen molar-refractivity contribution in [3.05, 3.63) is 40.3 Å². The second kappa shape index (κ2) is 6.48. The third-order valence-electron chi connectivity index (χ3n) is 3.31. The minimum atomic E-state index is 0.000795.